The van der Waals surface area contributed by atoms with E-state index >= 15 is 0 Å². The van der Waals surface area contributed by atoms with Crippen LogP contribution in [-0.2, 0) is 4.79 Å². The van der Waals surface area contributed by atoms with Gasteiger partial charge in [0.1, 0.15) is 11.1 Å². The van der Waals surface area contributed by atoms with Crippen molar-refractivity contribution >= 4 is 29.2 Å². The minimum Gasteiger partial charge on any atom is -0.480 e. The SMILES string of the molecule is O=C(N[C@H](CCO)C(=O)O)c1ccc(Cl)c([N+](=O)[O-])c1. The van der Waals surface area contributed by atoms with Crippen molar-refractivity contribution in [3.05, 3.63) is 38.9 Å². The quantitative estimate of drug-likeness (QED) is 0.526. The normalized spacial score (nSPS) is 11.7. The van der Waals surface area contributed by atoms with Crippen LogP contribution in [0, 0.1) is 10.1 Å². The molecule has 0 aliphatic heterocycles. The highest BCUT2D eigenvalue weighted by Crippen LogP contribution is 2.25. The molecule has 0 aliphatic carbocycles. The number of rotatable bonds is 6. The number of nitrogens with one attached hydrogen (secondary N) is 1. The summed E-state index contributed by atoms with van der Waals surface area (Å²) in [5.41, 5.74) is -0.543. The second-order valence-electron chi connectivity index (χ2n) is 3.80. The molecule has 0 saturated heterocycles. The van der Waals surface area contributed by atoms with Crippen LogP contribution in [0.15, 0.2) is 18.2 Å². The Bertz CT molecular complexity index is 548. The van der Waals surface area contributed by atoms with Crippen LogP contribution < -0.4 is 5.32 Å². The number of aliphatic carboxylic acids is 1. The minimum absolute atomic E-state index is 0.0923. The van der Waals surface area contributed by atoms with Crippen LogP contribution in [0.1, 0.15) is 16.8 Å². The number of nitrogens with zero attached hydrogens (tertiary/aromatic N) is 1. The third-order valence-corrected chi connectivity index (χ3v) is 2.75. The zero-order chi connectivity index (χ0) is 15.3. The highest BCUT2D eigenvalue weighted by atomic mass is 35.5. The summed E-state index contributed by atoms with van der Waals surface area (Å²) in [6.07, 6.45) is -0.170. The van der Waals surface area contributed by atoms with Crippen molar-refractivity contribution in [1.82, 2.24) is 5.32 Å². The Kier molecular flexibility index (Phi) is 5.42. The fraction of sp³-hybridized carbons (Fsp3) is 0.273. The molecule has 9 heteroatoms. The Morgan fingerprint density at radius 1 is 1.45 bits per heavy atom. The number of carboxylic acid groups (broad SMARTS) is 1. The summed E-state index contributed by atoms with van der Waals surface area (Å²) in [6, 6.07) is 2.09. The molecule has 0 unspecified atom stereocenters. The average molecular weight is 303 g/mol. The van der Waals surface area contributed by atoms with Gasteiger partial charge in [0.15, 0.2) is 0 Å². The number of nitro groups is 1. The second kappa shape index (κ2) is 6.83. The smallest absolute Gasteiger partial charge is 0.326 e. The Labute approximate surface area is 118 Å². The van der Waals surface area contributed by atoms with Crippen LogP contribution in [0.2, 0.25) is 5.02 Å². The number of carbonyl (C=O) groups excluding carboxylic acids is 1. The number of aliphatic hydroxyl groups is 1. The van der Waals surface area contributed by atoms with E-state index in [1.807, 2.05) is 0 Å². The largest absolute Gasteiger partial charge is 0.480 e. The molecule has 1 amide bonds. The van der Waals surface area contributed by atoms with Crippen LogP contribution in [0.4, 0.5) is 5.69 Å². The molecule has 0 radical (unpaired) electrons. The molecule has 0 aromatic heterocycles. The van der Waals surface area contributed by atoms with Gasteiger partial charge in [-0.2, -0.15) is 0 Å². The molecule has 0 bridgehead atoms. The molecule has 1 atom stereocenters. The number of hydrogen-bond donors (Lipinski definition) is 3. The predicted molar refractivity (Wildman–Crippen MR) is 68.7 cm³/mol. The Balaban J connectivity index is 2.95. The third-order valence-electron chi connectivity index (χ3n) is 2.43. The van der Waals surface area contributed by atoms with Crippen LogP contribution in [0.5, 0.6) is 0 Å². The molecule has 108 valence electrons. The topological polar surface area (TPSA) is 130 Å². The molecule has 0 heterocycles. The van der Waals surface area contributed by atoms with Crippen molar-refractivity contribution in [3.8, 4) is 0 Å². The van der Waals surface area contributed by atoms with E-state index in [0.29, 0.717) is 0 Å². The lowest BCUT2D eigenvalue weighted by Crippen LogP contribution is -2.41. The van der Waals surface area contributed by atoms with Crippen LogP contribution in [0.25, 0.3) is 0 Å². The van der Waals surface area contributed by atoms with Crippen LogP contribution in [-0.4, -0.2) is 39.7 Å². The van der Waals surface area contributed by atoms with Gasteiger partial charge >= 0.3 is 5.97 Å². The van der Waals surface area contributed by atoms with E-state index in [9.17, 15) is 19.7 Å². The molecule has 0 aliphatic rings. The van der Waals surface area contributed by atoms with Crippen molar-refractivity contribution < 1.29 is 24.7 Å². The van der Waals surface area contributed by atoms with Crippen molar-refractivity contribution in [2.45, 2.75) is 12.5 Å². The maximum atomic E-state index is 11.8. The Morgan fingerprint density at radius 3 is 2.60 bits per heavy atom. The van der Waals surface area contributed by atoms with Gasteiger partial charge in [0.25, 0.3) is 11.6 Å². The van der Waals surface area contributed by atoms with Gasteiger partial charge in [-0.25, -0.2) is 4.79 Å². The van der Waals surface area contributed by atoms with Gasteiger partial charge in [-0.05, 0) is 12.1 Å². The minimum atomic E-state index is -1.31. The van der Waals surface area contributed by atoms with Crippen LogP contribution >= 0.6 is 11.6 Å². The standard InChI is InChI=1S/C11H11ClN2O6/c12-7-2-1-6(5-9(7)14(19)20)10(16)13-8(3-4-15)11(17)18/h1-2,5,8,15H,3-4H2,(H,13,16)(H,17,18)/t8-/m1/s1. The first-order chi connectivity index (χ1) is 9.36. The fourth-order valence-electron chi connectivity index (χ4n) is 1.42. The number of amides is 1. The van der Waals surface area contributed by atoms with E-state index in [2.05, 4.69) is 5.32 Å². The zero-order valence-corrected chi connectivity index (χ0v) is 10.8. The molecule has 1 rings (SSSR count). The number of aliphatic hydroxyl groups excluding tert-OH is 1. The number of hydrogen-bond acceptors (Lipinski definition) is 5. The summed E-state index contributed by atoms with van der Waals surface area (Å²) in [6.45, 7) is -0.419. The van der Waals surface area contributed by atoms with Gasteiger partial charge in [0, 0.05) is 24.7 Å². The van der Waals surface area contributed by atoms with Crippen molar-refractivity contribution in [3.63, 3.8) is 0 Å². The molecular formula is C11H11ClN2O6. The molecule has 1 aromatic carbocycles. The lowest BCUT2D eigenvalue weighted by Gasteiger charge is -2.13. The number of carbonyl (C=O) groups is 2. The first-order valence-corrected chi connectivity index (χ1v) is 5.83. The first kappa shape index (κ1) is 15.9. The summed E-state index contributed by atoms with van der Waals surface area (Å²) in [5, 5.41) is 30.3. The number of halogens is 1. The molecule has 0 spiro atoms. The third kappa shape index (κ3) is 3.90. The van der Waals surface area contributed by atoms with E-state index in [0.717, 1.165) is 6.07 Å². The lowest BCUT2D eigenvalue weighted by molar-refractivity contribution is -0.384. The van der Waals surface area contributed by atoms with E-state index < -0.39 is 35.1 Å². The number of nitro benzene ring substituents is 1. The molecule has 0 saturated carbocycles. The van der Waals surface area contributed by atoms with Crippen molar-refractivity contribution in [2.75, 3.05) is 6.61 Å². The predicted octanol–water partition coefficient (Wildman–Crippen LogP) is 0.814. The molecule has 8 nitrogen and oxygen atoms in total. The summed E-state index contributed by atoms with van der Waals surface area (Å²) >= 11 is 5.60. The molecule has 1 aromatic rings. The monoisotopic (exact) mass is 302 g/mol. The van der Waals surface area contributed by atoms with E-state index in [-0.39, 0.29) is 17.0 Å². The summed E-state index contributed by atoms with van der Waals surface area (Å²) in [7, 11) is 0. The molecular weight excluding hydrogens is 292 g/mol. The Hall–Kier alpha value is -2.19. The van der Waals surface area contributed by atoms with E-state index in [1.54, 1.807) is 0 Å². The summed E-state index contributed by atoms with van der Waals surface area (Å²) in [5.74, 6) is -2.11. The van der Waals surface area contributed by atoms with Crippen molar-refractivity contribution in [1.29, 1.82) is 0 Å². The van der Waals surface area contributed by atoms with Gasteiger partial charge < -0.3 is 15.5 Å². The van der Waals surface area contributed by atoms with Gasteiger partial charge in [0.05, 0.1) is 4.92 Å². The highest BCUT2D eigenvalue weighted by molar-refractivity contribution is 6.32. The van der Waals surface area contributed by atoms with Gasteiger partial charge in [0.2, 0.25) is 0 Å². The molecule has 0 fully saturated rings. The molecule has 3 N–H and O–H groups in total. The van der Waals surface area contributed by atoms with E-state index in [4.69, 9.17) is 21.8 Å². The summed E-state index contributed by atoms with van der Waals surface area (Å²) < 4.78 is 0. The zero-order valence-electron chi connectivity index (χ0n) is 10.1. The van der Waals surface area contributed by atoms with E-state index in [1.165, 1.54) is 12.1 Å². The highest BCUT2D eigenvalue weighted by Gasteiger charge is 2.22. The van der Waals surface area contributed by atoms with Gasteiger partial charge in [-0.15, -0.1) is 0 Å². The molecule has 20 heavy (non-hydrogen) atoms. The second-order valence-corrected chi connectivity index (χ2v) is 4.21. The fourth-order valence-corrected chi connectivity index (χ4v) is 1.61. The number of benzene rings is 1. The summed E-state index contributed by atoms with van der Waals surface area (Å²) in [4.78, 5) is 32.6. The maximum Gasteiger partial charge on any atom is 0.326 e. The maximum absolute atomic E-state index is 11.8. The van der Waals surface area contributed by atoms with Crippen molar-refractivity contribution in [2.24, 2.45) is 0 Å². The van der Waals surface area contributed by atoms with Gasteiger partial charge in [-0.3, -0.25) is 14.9 Å². The Morgan fingerprint density at radius 2 is 2.10 bits per heavy atom. The average Bonchev–Trinajstić information content (AvgIpc) is 2.38. The number of carboxylic acids is 1. The lowest BCUT2D eigenvalue weighted by atomic mass is 10.1. The first-order valence-electron chi connectivity index (χ1n) is 5.45. The van der Waals surface area contributed by atoms with Crippen LogP contribution in [0.3, 0.4) is 0 Å². The van der Waals surface area contributed by atoms with Gasteiger partial charge in [-0.1, -0.05) is 11.6 Å².